The molecule has 8 heteroatoms. The molecule has 0 saturated heterocycles. The second-order valence-corrected chi connectivity index (χ2v) is 3.54. The number of carbonyl (C=O) groups is 2. The van der Waals surface area contributed by atoms with E-state index < -0.39 is 11.8 Å². The second kappa shape index (κ2) is 6.13. The summed E-state index contributed by atoms with van der Waals surface area (Å²) >= 11 is 5.81. The first kappa shape index (κ1) is 15.6. The fourth-order valence-corrected chi connectivity index (χ4v) is 1.73. The Morgan fingerprint density at radius 2 is 2.17 bits per heavy atom. The van der Waals surface area contributed by atoms with Gasteiger partial charge in [0.1, 0.15) is 11.7 Å². The number of hydrogen-bond acceptors (Lipinski definition) is 5. The number of halogens is 1. The number of aliphatic carboxylic acids is 1. The summed E-state index contributed by atoms with van der Waals surface area (Å²) < 4.78 is 5.00. The summed E-state index contributed by atoms with van der Waals surface area (Å²) in [4.78, 5) is 28.5. The molecule has 0 spiro atoms. The Morgan fingerprint density at radius 1 is 1.50 bits per heavy atom. The van der Waals surface area contributed by atoms with Gasteiger partial charge in [-0.05, 0) is 0 Å². The first-order valence-electron chi connectivity index (χ1n) is 4.51. The average Bonchev–Trinajstić information content (AvgIpc) is 2.74. The Labute approximate surface area is 149 Å². The Morgan fingerprint density at radius 3 is 2.72 bits per heavy atom. The van der Waals surface area contributed by atoms with Gasteiger partial charge >= 0.3 is 51.4 Å². The van der Waals surface area contributed by atoms with E-state index in [4.69, 9.17) is 16.3 Å². The summed E-state index contributed by atoms with van der Waals surface area (Å²) in [7, 11) is 1.38. The van der Waals surface area contributed by atoms with Crippen molar-refractivity contribution in [3.63, 3.8) is 0 Å². The third-order valence-corrected chi connectivity index (χ3v) is 2.56. The molecule has 0 saturated carbocycles. The topological polar surface area (TPSA) is 95.1 Å². The number of aromatic nitrogens is 2. The van der Waals surface area contributed by atoms with Gasteiger partial charge in [0.15, 0.2) is 5.15 Å². The molecule has 0 bridgehead atoms. The molecule has 0 amide bonds. The summed E-state index contributed by atoms with van der Waals surface area (Å²) in [6.45, 7) is 0. The first-order chi connectivity index (χ1) is 8.06. The number of nitrogens with zero attached hydrogens (tertiary/aromatic N) is 1. The third kappa shape index (κ3) is 2.61. The second-order valence-electron chi connectivity index (χ2n) is 3.19. The summed E-state index contributed by atoms with van der Waals surface area (Å²) in [5, 5.41) is 11.0. The largest absolute Gasteiger partial charge is 1.00 e. The van der Waals surface area contributed by atoms with Gasteiger partial charge in [-0.25, -0.2) is 4.98 Å². The van der Waals surface area contributed by atoms with Crippen molar-refractivity contribution >= 4 is 34.3 Å². The summed E-state index contributed by atoms with van der Waals surface area (Å²) in [5.41, 5.74) is 0.275. The minimum atomic E-state index is -1.79. The number of hydrogen-bond donors (Lipinski definition) is 1. The standard InChI is InChI=1S/C10H7ClN2O4.K/c1-17-5-3-13-9(11)7-6(5)4(2-12-7)8(14)10(15)16;/h2-3,12H,1H3,(H,15,16);/q;+1/p-1. The van der Waals surface area contributed by atoms with Gasteiger partial charge in [0.05, 0.1) is 29.8 Å². The van der Waals surface area contributed by atoms with E-state index >= 15 is 0 Å². The van der Waals surface area contributed by atoms with E-state index in [-0.39, 0.29) is 73.2 Å². The molecule has 2 rings (SSSR count). The Kier molecular flexibility index (Phi) is 5.32. The first-order valence-corrected chi connectivity index (χ1v) is 4.89. The Balaban J connectivity index is 0.00000162. The van der Waals surface area contributed by atoms with Crippen LogP contribution < -0.4 is 61.2 Å². The number of carboxylic acids is 1. The Bertz CT molecular complexity index is 626. The van der Waals surface area contributed by atoms with Crippen LogP contribution in [-0.4, -0.2) is 28.8 Å². The number of methoxy groups -OCH3 is 1. The van der Waals surface area contributed by atoms with E-state index in [1.807, 2.05) is 0 Å². The number of rotatable bonds is 3. The molecule has 88 valence electrons. The maximum absolute atomic E-state index is 11.4. The van der Waals surface area contributed by atoms with Crippen LogP contribution in [0.25, 0.3) is 10.9 Å². The number of carboxylic acid groups (broad SMARTS) is 1. The average molecular weight is 293 g/mol. The van der Waals surface area contributed by atoms with Gasteiger partial charge < -0.3 is 19.6 Å². The van der Waals surface area contributed by atoms with Crippen LogP contribution in [0.2, 0.25) is 5.15 Å². The van der Waals surface area contributed by atoms with Gasteiger partial charge in [-0.15, -0.1) is 0 Å². The number of H-pyrrole nitrogens is 1. The number of fused-ring (bicyclic) bond motifs is 1. The normalized spacial score (nSPS) is 9.89. The molecular weight excluding hydrogens is 287 g/mol. The molecule has 0 aliphatic heterocycles. The maximum Gasteiger partial charge on any atom is 1.00 e. The number of ketones is 1. The van der Waals surface area contributed by atoms with Gasteiger partial charge in [-0.1, -0.05) is 11.6 Å². The van der Waals surface area contributed by atoms with Crippen LogP contribution in [0.1, 0.15) is 10.4 Å². The third-order valence-electron chi connectivity index (χ3n) is 2.28. The van der Waals surface area contributed by atoms with E-state index in [0.717, 1.165) is 0 Å². The van der Waals surface area contributed by atoms with Crippen molar-refractivity contribution < 1.29 is 70.8 Å². The molecule has 2 heterocycles. The van der Waals surface area contributed by atoms with Crippen LogP contribution in [0.5, 0.6) is 5.75 Å². The van der Waals surface area contributed by atoms with Gasteiger partial charge in [0.2, 0.25) is 5.78 Å². The van der Waals surface area contributed by atoms with Crippen LogP contribution in [0.4, 0.5) is 0 Å². The minimum absolute atomic E-state index is 0. The number of aromatic amines is 1. The number of Topliss-reactive ketones (excluding diaryl/α,β-unsaturated/α-hetero) is 1. The van der Waals surface area contributed by atoms with Crippen molar-refractivity contribution in [2.75, 3.05) is 7.11 Å². The van der Waals surface area contributed by atoms with Crippen molar-refractivity contribution in [1.82, 2.24) is 9.97 Å². The number of carbonyl (C=O) groups excluding carboxylic acids is 2. The van der Waals surface area contributed by atoms with E-state index in [2.05, 4.69) is 9.97 Å². The van der Waals surface area contributed by atoms with Crippen molar-refractivity contribution in [3.8, 4) is 5.75 Å². The predicted octanol–water partition coefficient (Wildman–Crippen LogP) is -2.84. The van der Waals surface area contributed by atoms with Crippen LogP contribution in [0, 0.1) is 0 Å². The molecule has 0 unspecified atom stereocenters. The van der Waals surface area contributed by atoms with E-state index in [1.54, 1.807) is 0 Å². The molecule has 0 radical (unpaired) electrons. The van der Waals surface area contributed by atoms with E-state index in [1.165, 1.54) is 19.5 Å². The van der Waals surface area contributed by atoms with Crippen LogP contribution in [-0.2, 0) is 4.79 Å². The van der Waals surface area contributed by atoms with Crippen molar-refractivity contribution in [3.05, 3.63) is 23.1 Å². The summed E-state index contributed by atoms with van der Waals surface area (Å²) in [5.74, 6) is -2.67. The molecule has 0 atom stereocenters. The molecule has 0 aromatic carbocycles. The van der Waals surface area contributed by atoms with Crippen LogP contribution >= 0.6 is 11.6 Å². The number of nitrogens with one attached hydrogen (secondary N) is 1. The monoisotopic (exact) mass is 292 g/mol. The van der Waals surface area contributed by atoms with Crippen molar-refractivity contribution in [2.45, 2.75) is 0 Å². The van der Waals surface area contributed by atoms with Crippen LogP contribution in [0.15, 0.2) is 12.4 Å². The van der Waals surface area contributed by atoms with Gasteiger partial charge in [0.25, 0.3) is 0 Å². The van der Waals surface area contributed by atoms with Crippen LogP contribution in [0.3, 0.4) is 0 Å². The zero-order valence-electron chi connectivity index (χ0n) is 9.61. The van der Waals surface area contributed by atoms with Gasteiger partial charge in [0, 0.05) is 6.20 Å². The number of pyridine rings is 1. The van der Waals surface area contributed by atoms with Crippen molar-refractivity contribution in [2.24, 2.45) is 0 Å². The molecule has 2 aromatic rings. The molecule has 18 heavy (non-hydrogen) atoms. The number of ether oxygens (including phenoxy) is 1. The zero-order valence-corrected chi connectivity index (χ0v) is 13.5. The maximum atomic E-state index is 11.4. The van der Waals surface area contributed by atoms with Gasteiger partial charge in [-0.2, -0.15) is 0 Å². The molecule has 2 aromatic heterocycles. The van der Waals surface area contributed by atoms with Crippen molar-refractivity contribution in [1.29, 1.82) is 0 Å². The van der Waals surface area contributed by atoms with E-state index in [0.29, 0.717) is 5.52 Å². The minimum Gasteiger partial charge on any atom is -0.541 e. The molecule has 0 aliphatic carbocycles. The molecule has 6 nitrogen and oxygen atoms in total. The predicted molar refractivity (Wildman–Crippen MR) is 57.0 cm³/mol. The molecule has 0 fully saturated rings. The SMILES string of the molecule is COc1cnc(Cl)c2[nH]cc(C(=O)C(=O)[O-])c12.[K+]. The fourth-order valence-electron chi connectivity index (χ4n) is 1.53. The Hall–Kier alpha value is -0.444. The smallest absolute Gasteiger partial charge is 0.541 e. The summed E-state index contributed by atoms with van der Waals surface area (Å²) in [6, 6.07) is 0. The quantitative estimate of drug-likeness (QED) is 0.285. The van der Waals surface area contributed by atoms with E-state index in [9.17, 15) is 14.7 Å². The zero-order chi connectivity index (χ0) is 12.6. The molecule has 1 N–H and O–H groups in total. The molecule has 0 aliphatic rings. The fraction of sp³-hybridized carbons (Fsp3) is 0.100. The summed E-state index contributed by atoms with van der Waals surface area (Å²) in [6.07, 6.45) is 2.55. The molecular formula is C10H6ClKN2O4. The van der Waals surface area contributed by atoms with Gasteiger partial charge in [-0.3, -0.25) is 4.79 Å².